The highest BCUT2D eigenvalue weighted by Gasteiger charge is 2.21. The van der Waals surface area contributed by atoms with Gasteiger partial charge in [-0.15, -0.1) is 10.2 Å². The molecule has 0 N–H and O–H groups in total. The average Bonchev–Trinajstić information content (AvgIpc) is 3.21. The van der Waals surface area contributed by atoms with Gasteiger partial charge < -0.3 is 14.4 Å². The van der Waals surface area contributed by atoms with E-state index < -0.39 is 0 Å². The predicted octanol–water partition coefficient (Wildman–Crippen LogP) is 3.49. The molecule has 4 rings (SSSR count). The molecule has 1 aliphatic rings. The molecule has 0 bridgehead atoms. The van der Waals surface area contributed by atoms with Crippen LogP contribution in [0.2, 0.25) is 0 Å². The molecule has 8 heteroatoms. The van der Waals surface area contributed by atoms with E-state index in [1.807, 2.05) is 45.9 Å². The molecule has 7 nitrogen and oxygen atoms in total. The Hall–Kier alpha value is -2.68. The molecule has 1 saturated heterocycles. The van der Waals surface area contributed by atoms with Crippen molar-refractivity contribution in [2.75, 3.05) is 33.4 Å². The van der Waals surface area contributed by atoms with Gasteiger partial charge in [0.15, 0.2) is 11.0 Å². The van der Waals surface area contributed by atoms with Crippen LogP contribution < -0.4 is 0 Å². The molecule has 0 unspecified atom stereocenters. The van der Waals surface area contributed by atoms with E-state index in [1.54, 1.807) is 18.9 Å². The standard InChI is InChI=1S/C23H26N4O3S/c1-17-6-5-8-19(14-17)27-21(15-29-2)24-25-23(27)31-16-18-7-3-4-9-20(18)22(28)26-10-12-30-13-11-26/h3-9,14H,10-13,15-16H2,1-2H3. The molecule has 31 heavy (non-hydrogen) atoms. The fraction of sp³-hybridized carbons (Fsp3) is 0.348. The van der Waals surface area contributed by atoms with Gasteiger partial charge in [0, 0.05) is 37.2 Å². The highest BCUT2D eigenvalue weighted by molar-refractivity contribution is 7.98. The predicted molar refractivity (Wildman–Crippen MR) is 120 cm³/mol. The van der Waals surface area contributed by atoms with Crippen molar-refractivity contribution in [1.29, 1.82) is 0 Å². The fourth-order valence-corrected chi connectivity index (χ4v) is 4.55. The van der Waals surface area contributed by atoms with Crippen LogP contribution in [0.15, 0.2) is 53.7 Å². The molecular weight excluding hydrogens is 412 g/mol. The third-order valence-corrected chi connectivity index (χ3v) is 6.11. The van der Waals surface area contributed by atoms with Crippen molar-refractivity contribution >= 4 is 17.7 Å². The van der Waals surface area contributed by atoms with Gasteiger partial charge in [0.2, 0.25) is 0 Å². The minimum atomic E-state index is 0.0553. The topological polar surface area (TPSA) is 69.5 Å². The molecule has 0 aliphatic carbocycles. The number of morpholine rings is 1. The first-order chi connectivity index (χ1) is 15.2. The summed E-state index contributed by atoms with van der Waals surface area (Å²) in [6, 6.07) is 16.0. The maximum Gasteiger partial charge on any atom is 0.254 e. The fourth-order valence-electron chi connectivity index (χ4n) is 3.58. The van der Waals surface area contributed by atoms with E-state index in [0.717, 1.165) is 33.4 Å². The molecule has 1 fully saturated rings. The minimum absolute atomic E-state index is 0.0553. The van der Waals surface area contributed by atoms with Gasteiger partial charge in [-0.25, -0.2) is 0 Å². The minimum Gasteiger partial charge on any atom is -0.378 e. The van der Waals surface area contributed by atoms with Gasteiger partial charge in [-0.2, -0.15) is 0 Å². The summed E-state index contributed by atoms with van der Waals surface area (Å²) in [6.45, 7) is 4.86. The first kappa shape index (κ1) is 21.5. The SMILES string of the molecule is COCc1nnc(SCc2ccccc2C(=O)N2CCOCC2)n1-c1cccc(C)c1. The van der Waals surface area contributed by atoms with Gasteiger partial charge in [0.05, 0.1) is 13.2 Å². The highest BCUT2D eigenvalue weighted by Crippen LogP contribution is 2.27. The van der Waals surface area contributed by atoms with Crippen LogP contribution in [-0.4, -0.2) is 59.0 Å². The molecule has 1 aliphatic heterocycles. The van der Waals surface area contributed by atoms with Crippen molar-refractivity contribution in [3.05, 3.63) is 71.0 Å². The zero-order chi connectivity index (χ0) is 21.6. The summed E-state index contributed by atoms with van der Waals surface area (Å²) < 4.78 is 12.7. The van der Waals surface area contributed by atoms with E-state index in [9.17, 15) is 4.79 Å². The average molecular weight is 439 g/mol. The Balaban J connectivity index is 1.58. The van der Waals surface area contributed by atoms with Crippen molar-refractivity contribution in [2.24, 2.45) is 0 Å². The molecule has 2 aromatic carbocycles. The lowest BCUT2D eigenvalue weighted by Crippen LogP contribution is -2.41. The van der Waals surface area contributed by atoms with Crippen LogP contribution in [0.25, 0.3) is 5.69 Å². The number of nitrogens with zero attached hydrogens (tertiary/aromatic N) is 4. The molecule has 3 aromatic rings. The zero-order valence-corrected chi connectivity index (χ0v) is 18.6. The van der Waals surface area contributed by atoms with Crippen LogP contribution in [0.4, 0.5) is 0 Å². The molecule has 0 radical (unpaired) electrons. The van der Waals surface area contributed by atoms with Crippen LogP contribution in [0.5, 0.6) is 0 Å². The first-order valence-corrected chi connectivity index (χ1v) is 11.2. The molecular formula is C23H26N4O3S. The quantitative estimate of drug-likeness (QED) is 0.526. The van der Waals surface area contributed by atoms with Crippen LogP contribution in [-0.2, 0) is 21.8 Å². The lowest BCUT2D eigenvalue weighted by atomic mass is 10.1. The molecule has 0 atom stereocenters. The maximum absolute atomic E-state index is 13.1. The number of hydrogen-bond acceptors (Lipinski definition) is 6. The normalized spacial score (nSPS) is 14.1. The second kappa shape index (κ2) is 10.1. The molecule has 1 aromatic heterocycles. The van der Waals surface area contributed by atoms with E-state index >= 15 is 0 Å². The number of hydrogen-bond donors (Lipinski definition) is 0. The number of carbonyl (C=O) groups is 1. The summed E-state index contributed by atoms with van der Waals surface area (Å²) in [6.07, 6.45) is 0. The summed E-state index contributed by atoms with van der Waals surface area (Å²) >= 11 is 1.56. The first-order valence-electron chi connectivity index (χ1n) is 10.3. The van der Waals surface area contributed by atoms with Crippen molar-refractivity contribution in [3.63, 3.8) is 0 Å². The monoisotopic (exact) mass is 438 g/mol. The zero-order valence-electron chi connectivity index (χ0n) is 17.8. The van der Waals surface area contributed by atoms with Crippen molar-refractivity contribution in [2.45, 2.75) is 24.4 Å². The Labute approximate surface area is 186 Å². The summed E-state index contributed by atoms with van der Waals surface area (Å²) in [7, 11) is 1.65. The number of thioether (sulfide) groups is 1. The number of amides is 1. The smallest absolute Gasteiger partial charge is 0.254 e. The Morgan fingerprint density at radius 3 is 2.71 bits per heavy atom. The number of carbonyl (C=O) groups excluding carboxylic acids is 1. The van der Waals surface area contributed by atoms with Crippen LogP contribution in [0.3, 0.4) is 0 Å². The van der Waals surface area contributed by atoms with Crippen LogP contribution in [0, 0.1) is 6.92 Å². The van der Waals surface area contributed by atoms with Crippen molar-refractivity contribution in [1.82, 2.24) is 19.7 Å². The summed E-state index contributed by atoms with van der Waals surface area (Å²) in [5.41, 5.74) is 3.87. The summed E-state index contributed by atoms with van der Waals surface area (Å²) in [5, 5.41) is 9.51. The number of ether oxygens (including phenoxy) is 2. The molecule has 2 heterocycles. The van der Waals surface area contributed by atoms with Gasteiger partial charge in [0.1, 0.15) is 6.61 Å². The van der Waals surface area contributed by atoms with Gasteiger partial charge in [-0.1, -0.05) is 42.1 Å². The Kier molecular flexibility index (Phi) is 7.01. The molecule has 1 amide bonds. The number of rotatable bonds is 7. The van der Waals surface area contributed by atoms with Crippen molar-refractivity contribution < 1.29 is 14.3 Å². The molecule has 0 spiro atoms. The number of methoxy groups -OCH3 is 1. The van der Waals surface area contributed by atoms with Crippen LogP contribution >= 0.6 is 11.8 Å². The second-order valence-electron chi connectivity index (χ2n) is 7.36. The Morgan fingerprint density at radius 1 is 1.13 bits per heavy atom. The van der Waals surface area contributed by atoms with E-state index in [-0.39, 0.29) is 5.91 Å². The van der Waals surface area contributed by atoms with E-state index in [4.69, 9.17) is 9.47 Å². The molecule has 0 saturated carbocycles. The number of benzene rings is 2. The van der Waals surface area contributed by atoms with Crippen molar-refractivity contribution in [3.8, 4) is 5.69 Å². The third kappa shape index (κ3) is 4.98. The summed E-state index contributed by atoms with van der Waals surface area (Å²) in [4.78, 5) is 14.9. The van der Waals surface area contributed by atoms with Gasteiger partial charge in [-0.3, -0.25) is 9.36 Å². The Morgan fingerprint density at radius 2 is 1.94 bits per heavy atom. The lowest BCUT2D eigenvalue weighted by Gasteiger charge is -2.27. The largest absolute Gasteiger partial charge is 0.378 e. The molecule has 162 valence electrons. The van der Waals surface area contributed by atoms with Gasteiger partial charge in [-0.05, 0) is 36.2 Å². The van der Waals surface area contributed by atoms with Gasteiger partial charge >= 0.3 is 0 Å². The second-order valence-corrected chi connectivity index (χ2v) is 8.30. The maximum atomic E-state index is 13.1. The van der Waals surface area contributed by atoms with Gasteiger partial charge in [0.25, 0.3) is 5.91 Å². The Bertz CT molecular complexity index is 1050. The van der Waals surface area contributed by atoms with Crippen LogP contribution in [0.1, 0.15) is 27.3 Å². The number of aryl methyl sites for hydroxylation is 1. The van der Waals surface area contributed by atoms with E-state index in [2.05, 4.69) is 29.3 Å². The lowest BCUT2D eigenvalue weighted by molar-refractivity contribution is 0.0302. The van der Waals surface area contributed by atoms with E-state index in [1.165, 1.54) is 0 Å². The summed E-state index contributed by atoms with van der Waals surface area (Å²) in [5.74, 6) is 1.41. The third-order valence-electron chi connectivity index (χ3n) is 5.14. The van der Waals surface area contributed by atoms with E-state index in [0.29, 0.717) is 38.7 Å². The highest BCUT2D eigenvalue weighted by atomic mass is 32.2. The number of aromatic nitrogens is 3.